The topological polar surface area (TPSA) is 247 Å². The minimum atomic E-state index is -1.10. The molecule has 0 saturated heterocycles. The van der Waals surface area contributed by atoms with E-state index in [9.17, 15) is 29.4 Å². The summed E-state index contributed by atoms with van der Waals surface area (Å²) in [7, 11) is 0. The van der Waals surface area contributed by atoms with Gasteiger partial charge in [-0.15, -0.1) is 22.7 Å². The number of benzene rings is 2. The number of phenolic OH excluding ortho intramolecular Hbond substituents is 2. The SMILES string of the molecule is C[C@@H]1NC(=O)[C@H](C)NC(=O)[C@@H](N)Cc2ccc(O)c(c2)Cc2cnc(s2)NCCCNc2ncc(s2)Cc2cc(ccc2O)C[C@@H](C(N)=O)NC1=O. The molecule has 3 heterocycles. The van der Waals surface area contributed by atoms with Crippen molar-refractivity contribution in [2.24, 2.45) is 11.5 Å². The standard InChI is InChI=1S/C35H43N9O6S2/c1-18-31(48)42-19(2)32(49)44-27(30(37)47)13-21-5-7-29(46)23(11-21)15-25-17-41-35(52-25)39-9-3-8-38-34-40-16-24(51-34)14-22-10-20(4-6-28(22)45)12-26(36)33(50)43-18/h4-7,10-11,16-19,26-27,45-46H,3,8-9,12-15,36H2,1-2H3,(H2,37,47)(H,38,40)(H,39,41)(H,42,48)(H,43,50)(H,44,49)/t18-,19-,26-,27-/m0/s1. The number of carbonyl (C=O) groups is 4. The van der Waals surface area contributed by atoms with E-state index in [0.717, 1.165) is 32.0 Å². The molecule has 5 rings (SSSR count). The number of phenols is 2. The summed E-state index contributed by atoms with van der Waals surface area (Å²) in [6, 6.07) is 5.76. The molecule has 8 bridgehead atoms. The minimum absolute atomic E-state index is 0.0493. The van der Waals surface area contributed by atoms with Crippen molar-refractivity contribution in [2.75, 3.05) is 23.7 Å². The van der Waals surface area contributed by atoms with Gasteiger partial charge in [0.1, 0.15) is 29.6 Å². The van der Waals surface area contributed by atoms with Gasteiger partial charge in [-0.05, 0) is 61.1 Å². The number of rotatable bonds is 1. The molecule has 1 aliphatic heterocycles. The van der Waals surface area contributed by atoms with E-state index in [1.54, 1.807) is 42.7 Å². The van der Waals surface area contributed by atoms with Crippen molar-refractivity contribution in [3.63, 3.8) is 0 Å². The second-order valence-electron chi connectivity index (χ2n) is 12.7. The summed E-state index contributed by atoms with van der Waals surface area (Å²) < 4.78 is 0. The molecular weight excluding hydrogens is 707 g/mol. The number of amides is 4. The average Bonchev–Trinajstić information content (AvgIpc) is 3.75. The van der Waals surface area contributed by atoms with Gasteiger partial charge < -0.3 is 48.3 Å². The van der Waals surface area contributed by atoms with Crippen LogP contribution in [0.5, 0.6) is 11.5 Å². The Labute approximate surface area is 308 Å². The first kappa shape index (κ1) is 38.0. The van der Waals surface area contributed by atoms with Crippen molar-refractivity contribution in [1.29, 1.82) is 0 Å². The van der Waals surface area contributed by atoms with Crippen LogP contribution < -0.4 is 38.1 Å². The van der Waals surface area contributed by atoms with Crippen LogP contribution in [0.1, 0.15) is 52.3 Å². The number of anilines is 2. The summed E-state index contributed by atoms with van der Waals surface area (Å²) in [5.41, 5.74) is 14.5. The maximum atomic E-state index is 13.0. The highest BCUT2D eigenvalue weighted by atomic mass is 32.1. The van der Waals surface area contributed by atoms with E-state index in [-0.39, 0.29) is 24.3 Å². The molecule has 4 aromatic rings. The van der Waals surface area contributed by atoms with E-state index >= 15 is 0 Å². The highest BCUT2D eigenvalue weighted by Gasteiger charge is 2.26. The summed E-state index contributed by atoms with van der Waals surface area (Å²) >= 11 is 2.95. The Morgan fingerprint density at radius 1 is 0.750 bits per heavy atom. The van der Waals surface area contributed by atoms with Crippen LogP contribution in [-0.2, 0) is 44.9 Å². The molecule has 0 aliphatic carbocycles. The molecule has 0 spiro atoms. The highest BCUT2D eigenvalue weighted by molar-refractivity contribution is 7.15. The molecule has 0 saturated carbocycles. The number of hydrogen-bond acceptors (Lipinski definition) is 13. The van der Waals surface area contributed by atoms with Gasteiger partial charge in [0.15, 0.2) is 10.3 Å². The smallest absolute Gasteiger partial charge is 0.242 e. The second-order valence-corrected chi connectivity index (χ2v) is 14.9. The lowest BCUT2D eigenvalue weighted by Crippen LogP contribution is -2.56. The molecule has 2 aromatic carbocycles. The summed E-state index contributed by atoms with van der Waals surface area (Å²) in [5.74, 6) is -2.45. The predicted molar refractivity (Wildman–Crippen MR) is 199 cm³/mol. The molecule has 0 radical (unpaired) electrons. The number of nitrogens with one attached hydrogen (secondary N) is 5. The van der Waals surface area contributed by atoms with E-state index in [1.807, 2.05) is 0 Å². The zero-order valence-corrected chi connectivity index (χ0v) is 30.4. The van der Waals surface area contributed by atoms with Crippen LogP contribution in [0, 0.1) is 0 Å². The maximum Gasteiger partial charge on any atom is 0.242 e. The quantitative estimate of drug-likeness (QED) is 0.135. The fraction of sp³-hybridized carbons (Fsp3) is 0.371. The summed E-state index contributed by atoms with van der Waals surface area (Å²) in [5, 5.41) is 37.0. The van der Waals surface area contributed by atoms with Crippen LogP contribution in [0.3, 0.4) is 0 Å². The molecule has 4 atom stereocenters. The van der Waals surface area contributed by atoms with Crippen molar-refractivity contribution in [1.82, 2.24) is 25.9 Å². The van der Waals surface area contributed by atoms with Crippen LogP contribution >= 0.6 is 22.7 Å². The summed E-state index contributed by atoms with van der Waals surface area (Å²) in [6.45, 7) is 4.25. The second kappa shape index (κ2) is 17.3. The number of fused-ring (bicyclic) bond motifs is 8. The largest absolute Gasteiger partial charge is 0.508 e. The number of nitrogens with zero attached hydrogens (tertiary/aromatic N) is 2. The number of thiazole rings is 2. The first-order valence-corrected chi connectivity index (χ1v) is 18.4. The van der Waals surface area contributed by atoms with Crippen LogP contribution in [0.4, 0.5) is 10.3 Å². The Morgan fingerprint density at radius 3 is 1.75 bits per heavy atom. The molecule has 0 unspecified atom stereocenters. The minimum Gasteiger partial charge on any atom is -0.508 e. The van der Waals surface area contributed by atoms with Gasteiger partial charge in [0.25, 0.3) is 0 Å². The van der Waals surface area contributed by atoms with Gasteiger partial charge in [-0.2, -0.15) is 0 Å². The summed E-state index contributed by atoms with van der Waals surface area (Å²) in [4.78, 5) is 62.0. The van der Waals surface area contributed by atoms with Crippen molar-refractivity contribution in [2.45, 2.75) is 70.1 Å². The van der Waals surface area contributed by atoms with Gasteiger partial charge in [-0.25, -0.2) is 9.97 Å². The number of nitrogens with two attached hydrogens (primary N) is 2. The molecule has 2 aromatic heterocycles. The Bertz CT molecular complexity index is 1910. The third kappa shape index (κ3) is 10.4. The molecule has 15 nitrogen and oxygen atoms in total. The van der Waals surface area contributed by atoms with E-state index in [4.69, 9.17) is 11.5 Å². The average molecular weight is 750 g/mol. The Kier molecular flexibility index (Phi) is 12.6. The van der Waals surface area contributed by atoms with E-state index in [1.165, 1.54) is 42.6 Å². The van der Waals surface area contributed by atoms with Crippen molar-refractivity contribution in [3.8, 4) is 11.5 Å². The van der Waals surface area contributed by atoms with E-state index in [2.05, 4.69) is 36.6 Å². The summed E-state index contributed by atoms with van der Waals surface area (Å²) in [6.07, 6.45) is 5.32. The van der Waals surface area contributed by atoms with E-state index < -0.39 is 47.8 Å². The number of carbonyl (C=O) groups excluding carboxylic acids is 4. The van der Waals surface area contributed by atoms with Crippen LogP contribution in [0.15, 0.2) is 48.8 Å². The number of aromatic hydroxyl groups is 2. The molecule has 276 valence electrons. The zero-order valence-electron chi connectivity index (χ0n) is 28.8. The molecule has 52 heavy (non-hydrogen) atoms. The van der Waals surface area contributed by atoms with Crippen LogP contribution in [-0.4, -0.2) is 81.1 Å². The molecule has 11 N–H and O–H groups in total. The highest BCUT2D eigenvalue weighted by Crippen LogP contribution is 2.28. The number of aromatic nitrogens is 2. The van der Waals surface area contributed by atoms with Crippen molar-refractivity contribution < 1.29 is 29.4 Å². The lowest BCUT2D eigenvalue weighted by atomic mass is 10.0. The third-order valence-corrected chi connectivity index (χ3v) is 10.3. The van der Waals surface area contributed by atoms with Gasteiger partial charge in [-0.3, -0.25) is 19.2 Å². The molecule has 4 amide bonds. The Balaban J connectivity index is 1.32. The molecule has 1 aliphatic rings. The lowest BCUT2D eigenvalue weighted by Gasteiger charge is -2.22. The fourth-order valence-corrected chi connectivity index (χ4v) is 7.23. The van der Waals surface area contributed by atoms with Gasteiger partial charge in [0, 0.05) is 54.5 Å². The first-order valence-electron chi connectivity index (χ1n) is 16.8. The monoisotopic (exact) mass is 749 g/mol. The van der Waals surface area contributed by atoms with Crippen molar-refractivity contribution >= 4 is 56.6 Å². The van der Waals surface area contributed by atoms with Gasteiger partial charge in [0.05, 0.1) is 6.04 Å². The molecule has 0 fully saturated rings. The van der Waals surface area contributed by atoms with Crippen LogP contribution in [0.25, 0.3) is 0 Å². The fourth-order valence-electron chi connectivity index (χ4n) is 5.50. The Hall–Kier alpha value is -5.26. The molecule has 17 heteroatoms. The van der Waals surface area contributed by atoms with Crippen LogP contribution in [0.2, 0.25) is 0 Å². The lowest BCUT2D eigenvalue weighted by molar-refractivity contribution is -0.132. The normalized spacial score (nSPS) is 21.2. The van der Waals surface area contributed by atoms with Gasteiger partial charge in [-0.1, -0.05) is 24.3 Å². The van der Waals surface area contributed by atoms with E-state index in [0.29, 0.717) is 42.6 Å². The number of primary amides is 1. The van der Waals surface area contributed by atoms with Gasteiger partial charge >= 0.3 is 0 Å². The Morgan fingerprint density at radius 2 is 1.23 bits per heavy atom. The van der Waals surface area contributed by atoms with Gasteiger partial charge in [0.2, 0.25) is 23.6 Å². The zero-order chi connectivity index (χ0) is 37.4. The first-order chi connectivity index (χ1) is 24.8. The maximum absolute atomic E-state index is 13.0. The number of hydrogen-bond donors (Lipinski definition) is 9. The third-order valence-electron chi connectivity index (χ3n) is 8.43. The van der Waals surface area contributed by atoms with Crippen molar-refractivity contribution in [3.05, 3.63) is 80.8 Å². The molecular formula is C35H43N9O6S2. The predicted octanol–water partition coefficient (Wildman–Crippen LogP) is 1.51.